The Balaban J connectivity index is 2.23. The van der Waals surface area contributed by atoms with Gasteiger partial charge in [-0.3, -0.25) is 10.1 Å². The molecular weight excluding hydrogens is 280 g/mol. The van der Waals surface area contributed by atoms with Crippen molar-refractivity contribution in [1.82, 2.24) is 19.5 Å². The Labute approximate surface area is 117 Å². The largest absolute Gasteiger partial charge is 0.383 e. The van der Waals surface area contributed by atoms with Crippen LogP contribution in [-0.2, 0) is 21.3 Å². The number of nitrogens with zero attached hydrogens (tertiary/aromatic N) is 3. The summed E-state index contributed by atoms with van der Waals surface area (Å²) in [6.07, 6.45) is 3.04. The molecule has 108 valence electrons. The minimum atomic E-state index is -3.63. The van der Waals surface area contributed by atoms with Crippen LogP contribution in [0.3, 0.4) is 0 Å². The van der Waals surface area contributed by atoms with Crippen molar-refractivity contribution in [2.24, 2.45) is 0 Å². The smallest absolute Gasteiger partial charge is 0.260 e. The molecule has 7 nitrogen and oxygen atoms in total. The molecule has 0 aliphatic heterocycles. The van der Waals surface area contributed by atoms with Crippen molar-refractivity contribution in [2.45, 2.75) is 11.6 Å². The number of rotatable bonds is 7. The third-order valence-corrected chi connectivity index (χ3v) is 4.48. The molecule has 20 heavy (non-hydrogen) atoms. The first kappa shape index (κ1) is 14.6. The molecule has 0 aliphatic carbocycles. The first-order valence-electron chi connectivity index (χ1n) is 6.03. The maximum Gasteiger partial charge on any atom is 0.260 e. The quantitative estimate of drug-likeness (QED) is 0.810. The fourth-order valence-electron chi connectivity index (χ4n) is 1.68. The summed E-state index contributed by atoms with van der Waals surface area (Å²) >= 11 is 0. The number of pyridine rings is 1. The number of nitrogens with one attached hydrogen (secondary N) is 1. The summed E-state index contributed by atoms with van der Waals surface area (Å²) in [6, 6.07) is 6.81. The van der Waals surface area contributed by atoms with Crippen LogP contribution in [-0.4, -0.2) is 48.2 Å². The van der Waals surface area contributed by atoms with Gasteiger partial charge in [0.15, 0.2) is 5.03 Å². The number of aromatic nitrogens is 3. The Hall–Kier alpha value is -1.77. The van der Waals surface area contributed by atoms with E-state index in [1.807, 2.05) is 6.07 Å². The molecule has 0 saturated carbocycles. The summed E-state index contributed by atoms with van der Waals surface area (Å²) in [5, 5.41) is 6.22. The highest BCUT2D eigenvalue weighted by molar-refractivity contribution is 7.89. The molecule has 0 bridgehead atoms. The monoisotopic (exact) mass is 296 g/mol. The first-order chi connectivity index (χ1) is 9.64. The summed E-state index contributed by atoms with van der Waals surface area (Å²) in [5.74, 6) is 0. The van der Waals surface area contributed by atoms with Crippen LogP contribution in [0.2, 0.25) is 0 Å². The van der Waals surface area contributed by atoms with Crippen molar-refractivity contribution in [3.8, 4) is 0 Å². The van der Waals surface area contributed by atoms with E-state index in [0.717, 1.165) is 0 Å². The molecule has 0 radical (unpaired) electrons. The van der Waals surface area contributed by atoms with E-state index in [1.165, 1.54) is 23.7 Å². The first-order valence-corrected chi connectivity index (χ1v) is 7.47. The predicted octanol–water partition coefficient (Wildman–Crippen LogP) is 0.642. The van der Waals surface area contributed by atoms with Gasteiger partial charge in [0.05, 0.1) is 25.0 Å². The van der Waals surface area contributed by atoms with Gasteiger partial charge in [0.2, 0.25) is 0 Å². The highest BCUT2D eigenvalue weighted by Crippen LogP contribution is 2.14. The zero-order valence-electron chi connectivity index (χ0n) is 11.1. The average molecular weight is 296 g/mol. The molecule has 0 fully saturated rings. The highest BCUT2D eigenvalue weighted by atomic mass is 32.2. The van der Waals surface area contributed by atoms with E-state index < -0.39 is 10.0 Å². The van der Waals surface area contributed by atoms with Gasteiger partial charge in [-0.2, -0.15) is 9.40 Å². The third kappa shape index (κ3) is 3.41. The maximum absolute atomic E-state index is 12.5. The lowest BCUT2D eigenvalue weighted by Gasteiger charge is -2.20. The van der Waals surface area contributed by atoms with E-state index in [2.05, 4.69) is 15.2 Å². The molecule has 8 heteroatoms. The lowest BCUT2D eigenvalue weighted by molar-refractivity contribution is 0.177. The van der Waals surface area contributed by atoms with Crippen LogP contribution in [0.1, 0.15) is 5.69 Å². The van der Waals surface area contributed by atoms with Crippen molar-refractivity contribution in [1.29, 1.82) is 0 Å². The Morgan fingerprint density at radius 3 is 2.75 bits per heavy atom. The second-order valence-electron chi connectivity index (χ2n) is 4.07. The van der Waals surface area contributed by atoms with Crippen LogP contribution in [0.5, 0.6) is 0 Å². The maximum atomic E-state index is 12.5. The molecule has 0 saturated heterocycles. The van der Waals surface area contributed by atoms with Gasteiger partial charge in [0.25, 0.3) is 10.0 Å². The van der Waals surface area contributed by atoms with Gasteiger partial charge < -0.3 is 4.74 Å². The normalized spacial score (nSPS) is 11.9. The predicted molar refractivity (Wildman–Crippen MR) is 72.3 cm³/mol. The van der Waals surface area contributed by atoms with E-state index >= 15 is 0 Å². The van der Waals surface area contributed by atoms with Gasteiger partial charge in [-0.05, 0) is 18.2 Å². The number of hydrogen-bond donors (Lipinski definition) is 1. The van der Waals surface area contributed by atoms with E-state index in [1.54, 1.807) is 18.3 Å². The van der Waals surface area contributed by atoms with Crippen LogP contribution in [0.15, 0.2) is 41.7 Å². The van der Waals surface area contributed by atoms with Crippen molar-refractivity contribution in [3.63, 3.8) is 0 Å². The zero-order valence-corrected chi connectivity index (χ0v) is 11.9. The Bertz CT molecular complexity index is 613. The Morgan fingerprint density at radius 2 is 2.15 bits per heavy atom. The van der Waals surface area contributed by atoms with E-state index in [9.17, 15) is 8.42 Å². The van der Waals surface area contributed by atoms with Crippen LogP contribution in [0, 0.1) is 0 Å². The molecular formula is C12H16N4O3S. The van der Waals surface area contributed by atoms with Gasteiger partial charge in [-0.15, -0.1) is 0 Å². The molecule has 0 unspecified atom stereocenters. The Morgan fingerprint density at radius 1 is 1.30 bits per heavy atom. The van der Waals surface area contributed by atoms with Crippen molar-refractivity contribution < 1.29 is 13.2 Å². The minimum absolute atomic E-state index is 0.0598. The summed E-state index contributed by atoms with van der Waals surface area (Å²) in [6.45, 7) is 0.736. The fourth-order valence-corrected chi connectivity index (χ4v) is 2.97. The van der Waals surface area contributed by atoms with Crippen LogP contribution in [0.4, 0.5) is 0 Å². The number of methoxy groups -OCH3 is 1. The molecule has 0 spiro atoms. The topological polar surface area (TPSA) is 88.2 Å². The molecule has 0 aromatic carbocycles. The molecule has 2 aromatic rings. The standard InChI is InChI=1S/C12H16N4O3S/c1-19-9-8-16(10-11-4-2-3-6-13-11)20(17,18)12-5-7-14-15-12/h2-7H,8-10H2,1H3,(H,14,15). The van der Waals surface area contributed by atoms with Crippen LogP contribution >= 0.6 is 0 Å². The molecule has 2 heterocycles. The van der Waals surface area contributed by atoms with Crippen molar-refractivity contribution in [2.75, 3.05) is 20.3 Å². The zero-order chi connectivity index (χ0) is 14.4. The SMILES string of the molecule is COCCN(Cc1ccccn1)S(=O)(=O)c1ccn[nH]1. The molecule has 1 N–H and O–H groups in total. The van der Waals surface area contributed by atoms with Crippen molar-refractivity contribution >= 4 is 10.0 Å². The molecule has 2 rings (SSSR count). The molecule has 0 amide bonds. The van der Waals surface area contributed by atoms with E-state index in [0.29, 0.717) is 12.3 Å². The average Bonchev–Trinajstić information content (AvgIpc) is 2.99. The summed E-state index contributed by atoms with van der Waals surface area (Å²) in [5.41, 5.74) is 0.673. The van der Waals surface area contributed by atoms with Gasteiger partial charge in [0, 0.05) is 19.9 Å². The van der Waals surface area contributed by atoms with Crippen LogP contribution < -0.4 is 0 Å². The second-order valence-corrected chi connectivity index (χ2v) is 5.98. The molecule has 0 aliphatic rings. The van der Waals surface area contributed by atoms with Gasteiger partial charge in [-0.1, -0.05) is 6.07 Å². The summed E-state index contributed by atoms with van der Waals surface area (Å²) < 4.78 is 31.2. The van der Waals surface area contributed by atoms with E-state index in [4.69, 9.17) is 4.74 Å². The summed E-state index contributed by atoms with van der Waals surface area (Å²) in [4.78, 5) is 4.15. The molecule has 2 aromatic heterocycles. The lowest BCUT2D eigenvalue weighted by atomic mass is 10.3. The third-order valence-electron chi connectivity index (χ3n) is 2.70. The number of aromatic amines is 1. The highest BCUT2D eigenvalue weighted by Gasteiger charge is 2.25. The molecule has 0 atom stereocenters. The minimum Gasteiger partial charge on any atom is -0.383 e. The second kappa shape index (κ2) is 6.60. The summed E-state index contributed by atoms with van der Waals surface area (Å²) in [7, 11) is -2.10. The number of H-pyrrole nitrogens is 1. The lowest BCUT2D eigenvalue weighted by Crippen LogP contribution is -2.34. The number of hydrogen-bond acceptors (Lipinski definition) is 5. The van der Waals surface area contributed by atoms with E-state index in [-0.39, 0.29) is 18.1 Å². The fraction of sp³-hybridized carbons (Fsp3) is 0.333. The van der Waals surface area contributed by atoms with Gasteiger partial charge >= 0.3 is 0 Å². The van der Waals surface area contributed by atoms with Crippen LogP contribution in [0.25, 0.3) is 0 Å². The van der Waals surface area contributed by atoms with Crippen molar-refractivity contribution in [3.05, 3.63) is 42.4 Å². The number of ether oxygens (including phenoxy) is 1. The van der Waals surface area contributed by atoms with Gasteiger partial charge in [0.1, 0.15) is 0 Å². The van der Waals surface area contributed by atoms with Gasteiger partial charge in [-0.25, -0.2) is 8.42 Å². The Kier molecular flexibility index (Phi) is 4.83. The number of sulfonamides is 1.